The molecule has 1 aliphatic rings. The number of Topliss-reactive ketones (excluding diaryl/α,β-unsaturated/α-hetero) is 1. The highest BCUT2D eigenvalue weighted by Gasteiger charge is 2.37. The maximum absolute atomic E-state index is 12.4. The highest BCUT2D eigenvalue weighted by Crippen LogP contribution is 2.35. The molecule has 0 bridgehead atoms. The molecule has 1 aliphatic carbocycles. The molecule has 1 aromatic carbocycles. The first-order valence-electron chi connectivity index (χ1n) is 5.94. The predicted molar refractivity (Wildman–Crippen MR) is 68.8 cm³/mol. The Morgan fingerprint density at radius 2 is 1.89 bits per heavy atom. The van der Waals surface area contributed by atoms with Crippen LogP contribution in [0.15, 0.2) is 30.3 Å². The lowest BCUT2D eigenvalue weighted by molar-refractivity contribution is -0.127. The van der Waals surface area contributed by atoms with Crippen molar-refractivity contribution in [3.63, 3.8) is 0 Å². The number of ketones is 2. The second-order valence-electron chi connectivity index (χ2n) is 5.23. The van der Waals surface area contributed by atoms with Crippen molar-refractivity contribution < 1.29 is 14.7 Å². The first kappa shape index (κ1) is 12.7. The number of aliphatic hydroxyl groups is 1. The summed E-state index contributed by atoms with van der Waals surface area (Å²) in [6.07, 6.45) is 1.65. The van der Waals surface area contributed by atoms with Gasteiger partial charge in [0.2, 0.25) is 0 Å². The smallest absolute Gasteiger partial charge is 0.169 e. The van der Waals surface area contributed by atoms with Crippen molar-refractivity contribution in [2.45, 2.75) is 26.9 Å². The van der Waals surface area contributed by atoms with Gasteiger partial charge >= 0.3 is 0 Å². The van der Waals surface area contributed by atoms with Crippen LogP contribution in [0, 0.1) is 5.41 Å². The van der Waals surface area contributed by atoms with Gasteiger partial charge in [-0.2, -0.15) is 0 Å². The molecular weight excluding hydrogens is 228 g/mol. The van der Waals surface area contributed by atoms with E-state index in [4.69, 9.17) is 0 Å². The Labute approximate surface area is 106 Å². The fourth-order valence-electron chi connectivity index (χ4n) is 2.28. The van der Waals surface area contributed by atoms with E-state index in [1.165, 1.54) is 6.08 Å². The monoisotopic (exact) mass is 244 g/mol. The summed E-state index contributed by atoms with van der Waals surface area (Å²) in [5.41, 5.74) is 1.08. The zero-order chi connectivity index (χ0) is 13.3. The fourth-order valence-corrected chi connectivity index (χ4v) is 2.28. The van der Waals surface area contributed by atoms with Crippen LogP contribution in [0.5, 0.6) is 0 Å². The first-order chi connectivity index (χ1) is 8.45. The lowest BCUT2D eigenvalue weighted by Gasteiger charge is -2.27. The molecule has 0 saturated heterocycles. The molecule has 3 heteroatoms. The number of rotatable bonds is 2. The molecule has 0 heterocycles. The molecule has 0 aromatic heterocycles. The van der Waals surface area contributed by atoms with Gasteiger partial charge in [0.1, 0.15) is 0 Å². The molecule has 0 aliphatic heterocycles. The molecule has 1 N–H and O–H groups in total. The number of hydrogen-bond acceptors (Lipinski definition) is 3. The van der Waals surface area contributed by atoms with Gasteiger partial charge in [0, 0.05) is 17.4 Å². The summed E-state index contributed by atoms with van der Waals surface area (Å²) >= 11 is 0. The third-order valence-corrected chi connectivity index (χ3v) is 3.26. The summed E-state index contributed by atoms with van der Waals surface area (Å²) < 4.78 is 0. The van der Waals surface area contributed by atoms with Crippen LogP contribution >= 0.6 is 0 Å². The van der Waals surface area contributed by atoms with E-state index in [0.29, 0.717) is 16.7 Å². The quantitative estimate of drug-likeness (QED) is 0.867. The standard InChI is InChI=1S/C15H16O3/c1-15(2)8-11(17)7-13(14(15)18)12-6-4-3-5-10(12)9-16/h3-7,16H,8-9H2,1-2H3. The average molecular weight is 244 g/mol. The predicted octanol–water partition coefficient (Wildman–Crippen LogP) is 2.13. The molecule has 1 aromatic rings. The van der Waals surface area contributed by atoms with Crippen molar-refractivity contribution >= 4 is 17.1 Å². The van der Waals surface area contributed by atoms with Crippen LogP contribution in [-0.4, -0.2) is 16.7 Å². The molecule has 0 spiro atoms. The summed E-state index contributed by atoms with van der Waals surface area (Å²) in [6.45, 7) is 3.42. The SMILES string of the molecule is CC1(C)CC(=O)C=C(c2ccccc2CO)C1=O. The van der Waals surface area contributed by atoms with Gasteiger partial charge in [-0.25, -0.2) is 0 Å². The van der Waals surface area contributed by atoms with Crippen molar-refractivity contribution in [3.8, 4) is 0 Å². The molecule has 0 atom stereocenters. The van der Waals surface area contributed by atoms with E-state index < -0.39 is 5.41 Å². The Balaban J connectivity index is 2.56. The van der Waals surface area contributed by atoms with Crippen molar-refractivity contribution in [3.05, 3.63) is 41.5 Å². The van der Waals surface area contributed by atoms with Crippen LogP contribution in [0.25, 0.3) is 5.57 Å². The summed E-state index contributed by atoms with van der Waals surface area (Å²) in [5.74, 6) is -0.0784. The van der Waals surface area contributed by atoms with Crippen molar-refractivity contribution in [1.82, 2.24) is 0 Å². The van der Waals surface area contributed by atoms with Gasteiger partial charge in [-0.3, -0.25) is 9.59 Å². The van der Waals surface area contributed by atoms with Gasteiger partial charge in [0.05, 0.1) is 6.61 Å². The van der Waals surface area contributed by atoms with Crippen LogP contribution in [0.4, 0.5) is 0 Å². The minimum atomic E-state index is -0.663. The fraction of sp³-hybridized carbons (Fsp3) is 0.333. The van der Waals surface area contributed by atoms with Gasteiger partial charge in [-0.15, -0.1) is 0 Å². The summed E-state index contributed by atoms with van der Waals surface area (Å²) in [6, 6.07) is 7.13. The topological polar surface area (TPSA) is 54.4 Å². The van der Waals surface area contributed by atoms with Crippen molar-refractivity contribution in [2.24, 2.45) is 5.41 Å². The maximum Gasteiger partial charge on any atom is 0.169 e. The zero-order valence-electron chi connectivity index (χ0n) is 10.6. The van der Waals surface area contributed by atoms with Crippen LogP contribution in [0.3, 0.4) is 0 Å². The van der Waals surface area contributed by atoms with E-state index in [2.05, 4.69) is 0 Å². The Kier molecular flexibility index (Phi) is 3.18. The normalized spacial score (nSPS) is 18.7. The molecule has 2 rings (SSSR count). The number of carbonyl (C=O) groups excluding carboxylic acids is 2. The minimum Gasteiger partial charge on any atom is -0.392 e. The third-order valence-electron chi connectivity index (χ3n) is 3.26. The Bertz CT molecular complexity index is 538. The van der Waals surface area contributed by atoms with Crippen LogP contribution in [-0.2, 0) is 16.2 Å². The molecular formula is C15H16O3. The Hall–Kier alpha value is -1.74. The minimum absolute atomic E-state index is 0.0389. The van der Waals surface area contributed by atoms with E-state index in [1.807, 2.05) is 0 Å². The van der Waals surface area contributed by atoms with E-state index in [1.54, 1.807) is 38.1 Å². The second kappa shape index (κ2) is 4.50. The number of hydrogen-bond donors (Lipinski definition) is 1. The molecule has 94 valence electrons. The molecule has 0 radical (unpaired) electrons. The maximum atomic E-state index is 12.4. The van der Waals surface area contributed by atoms with E-state index in [9.17, 15) is 14.7 Å². The van der Waals surface area contributed by atoms with Gasteiger partial charge in [-0.1, -0.05) is 38.1 Å². The first-order valence-corrected chi connectivity index (χ1v) is 5.94. The average Bonchev–Trinajstić information content (AvgIpc) is 2.33. The molecule has 0 unspecified atom stereocenters. The van der Waals surface area contributed by atoms with Gasteiger partial charge < -0.3 is 5.11 Å². The van der Waals surface area contributed by atoms with Gasteiger partial charge in [0.15, 0.2) is 11.6 Å². The zero-order valence-corrected chi connectivity index (χ0v) is 10.6. The van der Waals surface area contributed by atoms with E-state index in [-0.39, 0.29) is 24.6 Å². The number of allylic oxidation sites excluding steroid dienone is 2. The van der Waals surface area contributed by atoms with Crippen LogP contribution in [0.1, 0.15) is 31.4 Å². The highest BCUT2D eigenvalue weighted by atomic mass is 16.3. The summed E-state index contributed by atoms with van der Waals surface area (Å²) in [5, 5.41) is 9.31. The lowest BCUT2D eigenvalue weighted by Crippen LogP contribution is -2.32. The number of aliphatic hydroxyl groups excluding tert-OH is 1. The van der Waals surface area contributed by atoms with Crippen molar-refractivity contribution in [1.29, 1.82) is 0 Å². The second-order valence-corrected chi connectivity index (χ2v) is 5.23. The van der Waals surface area contributed by atoms with Gasteiger partial charge in [-0.05, 0) is 17.2 Å². The summed E-state index contributed by atoms with van der Waals surface area (Å²) in [7, 11) is 0. The van der Waals surface area contributed by atoms with E-state index >= 15 is 0 Å². The van der Waals surface area contributed by atoms with E-state index in [0.717, 1.165) is 0 Å². The summed E-state index contributed by atoms with van der Waals surface area (Å²) in [4.78, 5) is 24.1. The number of benzene rings is 1. The van der Waals surface area contributed by atoms with Crippen LogP contribution in [0.2, 0.25) is 0 Å². The lowest BCUT2D eigenvalue weighted by atomic mass is 9.73. The molecule has 18 heavy (non-hydrogen) atoms. The van der Waals surface area contributed by atoms with Crippen molar-refractivity contribution in [2.75, 3.05) is 0 Å². The number of carbonyl (C=O) groups is 2. The Morgan fingerprint density at radius 1 is 1.22 bits per heavy atom. The molecule has 0 fully saturated rings. The third kappa shape index (κ3) is 2.14. The Morgan fingerprint density at radius 3 is 2.56 bits per heavy atom. The highest BCUT2D eigenvalue weighted by molar-refractivity contribution is 6.30. The molecule has 0 saturated carbocycles. The molecule has 3 nitrogen and oxygen atoms in total. The largest absolute Gasteiger partial charge is 0.392 e. The molecule has 0 amide bonds. The van der Waals surface area contributed by atoms with Gasteiger partial charge in [0.25, 0.3) is 0 Å². The van der Waals surface area contributed by atoms with Crippen LogP contribution < -0.4 is 0 Å².